The van der Waals surface area contributed by atoms with Crippen LogP contribution in [0.3, 0.4) is 0 Å². The number of aromatic nitrogens is 1. The fourth-order valence-electron chi connectivity index (χ4n) is 2.51. The second-order valence-corrected chi connectivity index (χ2v) is 5.00. The lowest BCUT2D eigenvalue weighted by atomic mass is 10.1. The van der Waals surface area contributed by atoms with Gasteiger partial charge in [-0.25, -0.2) is 0 Å². The molecule has 0 radical (unpaired) electrons. The molecule has 3 aromatic rings. The summed E-state index contributed by atoms with van der Waals surface area (Å²) in [5.74, 6) is 0.904. The highest BCUT2D eigenvalue weighted by atomic mass is 16.5. The van der Waals surface area contributed by atoms with Crippen LogP contribution in [0.15, 0.2) is 54.7 Å². The Balaban J connectivity index is 1.93. The fraction of sp³-hybridized carbons (Fsp3) is 0.167. The maximum Gasteiger partial charge on any atom is 0.123 e. The van der Waals surface area contributed by atoms with Gasteiger partial charge in [0.25, 0.3) is 0 Å². The molecule has 3 nitrogen and oxygen atoms in total. The predicted molar refractivity (Wildman–Crippen MR) is 86.8 cm³/mol. The van der Waals surface area contributed by atoms with E-state index in [1.807, 2.05) is 42.6 Å². The van der Waals surface area contributed by atoms with E-state index in [-0.39, 0.29) is 0 Å². The van der Waals surface area contributed by atoms with E-state index in [1.54, 1.807) is 7.11 Å². The Hall–Kier alpha value is -2.55. The Morgan fingerprint density at radius 1 is 1.05 bits per heavy atom. The summed E-state index contributed by atoms with van der Waals surface area (Å²) in [4.78, 5) is 4.47. The molecule has 0 aliphatic rings. The van der Waals surface area contributed by atoms with Gasteiger partial charge in [0.05, 0.1) is 12.6 Å². The van der Waals surface area contributed by atoms with Crippen LogP contribution in [0.25, 0.3) is 10.9 Å². The minimum Gasteiger partial charge on any atom is -0.496 e. The van der Waals surface area contributed by atoms with Gasteiger partial charge in [-0.3, -0.25) is 4.98 Å². The molecule has 106 valence electrons. The molecule has 0 amide bonds. The Kier molecular flexibility index (Phi) is 3.73. The normalized spacial score (nSPS) is 10.6. The third-order valence-corrected chi connectivity index (χ3v) is 3.61. The van der Waals surface area contributed by atoms with Crippen molar-refractivity contribution in [3.63, 3.8) is 0 Å². The molecule has 1 aromatic heterocycles. The molecular formula is C18H18N2O. The lowest BCUT2D eigenvalue weighted by molar-refractivity contribution is 0.410. The van der Waals surface area contributed by atoms with Crippen LogP contribution in [0.1, 0.15) is 11.1 Å². The topological polar surface area (TPSA) is 34.1 Å². The Morgan fingerprint density at radius 3 is 2.67 bits per heavy atom. The maximum absolute atomic E-state index is 5.40. The molecule has 0 saturated carbocycles. The highest BCUT2D eigenvalue weighted by Crippen LogP contribution is 2.27. The SMILES string of the molecule is COc1ccccc1CNc1c(C)cnc2ccccc12. The monoisotopic (exact) mass is 278 g/mol. The van der Waals surface area contributed by atoms with Crippen molar-refractivity contribution >= 4 is 16.6 Å². The lowest BCUT2D eigenvalue weighted by Gasteiger charge is -2.14. The first-order chi connectivity index (χ1) is 10.3. The second kappa shape index (κ2) is 5.83. The van der Waals surface area contributed by atoms with E-state index in [0.717, 1.165) is 40.0 Å². The van der Waals surface area contributed by atoms with E-state index >= 15 is 0 Å². The first-order valence-electron chi connectivity index (χ1n) is 6.99. The summed E-state index contributed by atoms with van der Waals surface area (Å²) < 4.78 is 5.40. The summed E-state index contributed by atoms with van der Waals surface area (Å²) >= 11 is 0. The number of ether oxygens (including phenoxy) is 1. The van der Waals surface area contributed by atoms with Crippen LogP contribution in [0.5, 0.6) is 5.75 Å². The van der Waals surface area contributed by atoms with Gasteiger partial charge in [-0.1, -0.05) is 36.4 Å². The minimum atomic E-state index is 0.721. The number of anilines is 1. The number of hydrogen-bond donors (Lipinski definition) is 1. The van der Waals surface area contributed by atoms with Crippen molar-refractivity contribution in [1.82, 2.24) is 4.98 Å². The van der Waals surface area contributed by atoms with Crippen LogP contribution < -0.4 is 10.1 Å². The second-order valence-electron chi connectivity index (χ2n) is 5.00. The average molecular weight is 278 g/mol. The molecule has 0 saturated heterocycles. The van der Waals surface area contributed by atoms with Gasteiger partial charge in [0.1, 0.15) is 5.75 Å². The van der Waals surface area contributed by atoms with Crippen LogP contribution in [0.4, 0.5) is 5.69 Å². The first kappa shape index (κ1) is 13.4. The standard InChI is InChI=1S/C18H18N2O/c1-13-11-19-16-9-5-4-8-15(16)18(13)20-12-14-7-3-6-10-17(14)21-2/h3-11H,12H2,1-2H3,(H,19,20). The Labute approximate surface area is 124 Å². The zero-order valence-electron chi connectivity index (χ0n) is 12.3. The van der Waals surface area contributed by atoms with Gasteiger partial charge in [-0.05, 0) is 24.6 Å². The highest BCUT2D eigenvalue weighted by molar-refractivity contribution is 5.92. The number of fused-ring (bicyclic) bond motifs is 1. The molecule has 0 aliphatic heterocycles. The lowest BCUT2D eigenvalue weighted by Crippen LogP contribution is -2.04. The zero-order chi connectivity index (χ0) is 14.7. The van der Waals surface area contributed by atoms with Gasteiger partial charge < -0.3 is 10.1 Å². The van der Waals surface area contributed by atoms with Crippen molar-refractivity contribution < 1.29 is 4.74 Å². The number of nitrogens with zero attached hydrogens (tertiary/aromatic N) is 1. The first-order valence-corrected chi connectivity index (χ1v) is 6.99. The van der Waals surface area contributed by atoms with Crippen molar-refractivity contribution in [2.24, 2.45) is 0 Å². The molecule has 2 aromatic carbocycles. The minimum absolute atomic E-state index is 0.721. The van der Waals surface area contributed by atoms with E-state index < -0.39 is 0 Å². The molecule has 3 heteroatoms. The third-order valence-electron chi connectivity index (χ3n) is 3.61. The molecule has 21 heavy (non-hydrogen) atoms. The van der Waals surface area contributed by atoms with Crippen molar-refractivity contribution in [3.05, 3.63) is 65.9 Å². The van der Waals surface area contributed by atoms with Gasteiger partial charge in [0.15, 0.2) is 0 Å². The number of nitrogens with one attached hydrogen (secondary N) is 1. The van der Waals surface area contributed by atoms with Crippen LogP contribution in [-0.4, -0.2) is 12.1 Å². The van der Waals surface area contributed by atoms with E-state index in [9.17, 15) is 0 Å². The summed E-state index contributed by atoms with van der Waals surface area (Å²) in [6.45, 7) is 2.79. The smallest absolute Gasteiger partial charge is 0.123 e. The van der Waals surface area contributed by atoms with Crippen LogP contribution >= 0.6 is 0 Å². The largest absolute Gasteiger partial charge is 0.496 e. The van der Waals surface area contributed by atoms with Gasteiger partial charge >= 0.3 is 0 Å². The number of aryl methyl sites for hydroxylation is 1. The summed E-state index contributed by atoms with van der Waals surface area (Å²) in [5, 5.41) is 4.67. The van der Waals surface area contributed by atoms with E-state index in [1.165, 1.54) is 0 Å². The summed E-state index contributed by atoms with van der Waals surface area (Å²) in [7, 11) is 1.70. The van der Waals surface area contributed by atoms with Crippen molar-refractivity contribution in [1.29, 1.82) is 0 Å². The molecule has 1 N–H and O–H groups in total. The van der Waals surface area contributed by atoms with Crippen LogP contribution in [-0.2, 0) is 6.54 Å². The van der Waals surface area contributed by atoms with Crippen molar-refractivity contribution in [2.45, 2.75) is 13.5 Å². The van der Waals surface area contributed by atoms with Gasteiger partial charge in [-0.2, -0.15) is 0 Å². The molecule has 1 heterocycles. The highest BCUT2D eigenvalue weighted by Gasteiger charge is 2.07. The molecular weight excluding hydrogens is 260 g/mol. The van der Waals surface area contributed by atoms with Gasteiger partial charge in [0, 0.05) is 29.4 Å². The van der Waals surface area contributed by atoms with Crippen molar-refractivity contribution in [2.75, 3.05) is 12.4 Å². The predicted octanol–water partition coefficient (Wildman–Crippen LogP) is 4.16. The zero-order valence-corrected chi connectivity index (χ0v) is 12.3. The summed E-state index contributed by atoms with van der Waals surface area (Å²) in [6, 6.07) is 16.2. The van der Waals surface area contributed by atoms with Crippen molar-refractivity contribution in [3.8, 4) is 5.75 Å². The fourth-order valence-corrected chi connectivity index (χ4v) is 2.51. The number of pyridine rings is 1. The number of para-hydroxylation sites is 2. The third kappa shape index (κ3) is 2.68. The molecule has 0 fully saturated rings. The molecule has 0 unspecified atom stereocenters. The van der Waals surface area contributed by atoms with E-state index in [0.29, 0.717) is 0 Å². The number of rotatable bonds is 4. The molecule has 0 aliphatic carbocycles. The van der Waals surface area contributed by atoms with Crippen LogP contribution in [0, 0.1) is 6.92 Å². The Bertz CT molecular complexity index is 768. The quantitative estimate of drug-likeness (QED) is 0.778. The summed E-state index contributed by atoms with van der Waals surface area (Å²) in [6.07, 6.45) is 1.91. The van der Waals surface area contributed by atoms with Crippen LogP contribution in [0.2, 0.25) is 0 Å². The molecule has 0 atom stereocenters. The number of hydrogen-bond acceptors (Lipinski definition) is 3. The maximum atomic E-state index is 5.40. The van der Waals surface area contributed by atoms with Gasteiger partial charge in [-0.15, -0.1) is 0 Å². The average Bonchev–Trinajstić information content (AvgIpc) is 2.54. The molecule has 0 bridgehead atoms. The Morgan fingerprint density at radius 2 is 1.81 bits per heavy atom. The number of methoxy groups -OCH3 is 1. The van der Waals surface area contributed by atoms with Gasteiger partial charge in [0.2, 0.25) is 0 Å². The molecule has 0 spiro atoms. The molecule has 3 rings (SSSR count). The van der Waals surface area contributed by atoms with E-state index in [4.69, 9.17) is 4.74 Å². The summed E-state index contributed by atoms with van der Waals surface area (Å²) in [5.41, 5.74) is 4.42. The number of benzene rings is 2. The van der Waals surface area contributed by atoms with E-state index in [2.05, 4.69) is 29.4 Å².